The lowest BCUT2D eigenvalue weighted by Crippen LogP contribution is -2.18. The molecular formula is C21H20N2O6. The van der Waals surface area contributed by atoms with Gasteiger partial charge < -0.3 is 13.9 Å². The average Bonchev–Trinajstić information content (AvgIpc) is 2.68. The largest absolute Gasteiger partial charge is 0.451 e. The van der Waals surface area contributed by atoms with Gasteiger partial charge >= 0.3 is 17.6 Å². The standard InChI is InChI=1S/C21H20N2O6/c1-5-8-14(6-2)12-27-16(24)10-9-13(4)28-21-22-19(26)18-15(7-3)11-17(25)29-20(18)23-21/h5-6,8,11,13H,1-2,7,12H2,3-4H3,(H,22,23,26)/b14-8+/t13-/m1/s1. The third-order valence-electron chi connectivity index (χ3n) is 3.69. The van der Waals surface area contributed by atoms with Crippen LogP contribution < -0.4 is 15.9 Å². The second-order valence-corrected chi connectivity index (χ2v) is 5.78. The summed E-state index contributed by atoms with van der Waals surface area (Å²) in [6.07, 6.45) is 4.41. The van der Waals surface area contributed by atoms with Crippen molar-refractivity contribution in [1.82, 2.24) is 9.97 Å². The second kappa shape index (κ2) is 9.90. The minimum absolute atomic E-state index is 0.0105. The van der Waals surface area contributed by atoms with Crippen molar-refractivity contribution in [1.29, 1.82) is 0 Å². The molecule has 0 aliphatic heterocycles. The molecule has 2 rings (SSSR count). The Balaban J connectivity index is 2.13. The highest BCUT2D eigenvalue weighted by molar-refractivity contribution is 5.88. The first-order valence-corrected chi connectivity index (χ1v) is 8.74. The maximum Gasteiger partial charge on any atom is 0.384 e. The molecule has 0 fully saturated rings. The van der Waals surface area contributed by atoms with Crippen molar-refractivity contribution in [3.8, 4) is 17.9 Å². The van der Waals surface area contributed by atoms with E-state index in [9.17, 15) is 14.4 Å². The average molecular weight is 396 g/mol. The Kier molecular flexibility index (Phi) is 7.32. The Morgan fingerprint density at radius 2 is 2.17 bits per heavy atom. The van der Waals surface area contributed by atoms with E-state index in [-0.39, 0.29) is 23.7 Å². The molecule has 0 spiro atoms. The molecule has 29 heavy (non-hydrogen) atoms. The van der Waals surface area contributed by atoms with Gasteiger partial charge in [-0.25, -0.2) is 9.59 Å². The summed E-state index contributed by atoms with van der Waals surface area (Å²) in [6, 6.07) is 1.07. The molecule has 150 valence electrons. The number of carbonyl (C=O) groups is 1. The molecule has 0 bridgehead atoms. The van der Waals surface area contributed by atoms with Gasteiger partial charge in [-0.2, -0.15) is 4.98 Å². The number of aromatic amines is 1. The summed E-state index contributed by atoms with van der Waals surface area (Å²) in [5, 5.41) is 0.187. The molecule has 2 heterocycles. The van der Waals surface area contributed by atoms with Crippen LogP contribution in [-0.2, 0) is 16.0 Å². The van der Waals surface area contributed by atoms with E-state index in [2.05, 4.69) is 35.0 Å². The molecule has 0 aliphatic rings. The molecule has 2 aromatic heterocycles. The van der Waals surface area contributed by atoms with Gasteiger partial charge in [-0.05, 0) is 30.4 Å². The van der Waals surface area contributed by atoms with Crippen LogP contribution in [0.5, 0.6) is 6.01 Å². The van der Waals surface area contributed by atoms with E-state index < -0.39 is 23.3 Å². The molecule has 0 amide bonds. The smallest absolute Gasteiger partial charge is 0.384 e. The highest BCUT2D eigenvalue weighted by Crippen LogP contribution is 2.14. The van der Waals surface area contributed by atoms with E-state index in [1.165, 1.54) is 12.1 Å². The van der Waals surface area contributed by atoms with E-state index in [1.807, 2.05) is 0 Å². The number of nitrogens with zero attached hydrogens (tertiary/aromatic N) is 1. The number of aryl methyl sites for hydroxylation is 1. The zero-order chi connectivity index (χ0) is 21.4. The van der Waals surface area contributed by atoms with Crippen LogP contribution in [0, 0.1) is 11.8 Å². The van der Waals surface area contributed by atoms with Crippen LogP contribution >= 0.6 is 0 Å². The van der Waals surface area contributed by atoms with Gasteiger partial charge in [0.05, 0.1) is 0 Å². The number of rotatable bonds is 7. The van der Waals surface area contributed by atoms with Gasteiger partial charge in [0.25, 0.3) is 5.56 Å². The Morgan fingerprint density at radius 1 is 1.41 bits per heavy atom. The highest BCUT2D eigenvalue weighted by atomic mass is 16.5. The maximum atomic E-state index is 12.3. The van der Waals surface area contributed by atoms with Crippen molar-refractivity contribution in [2.24, 2.45) is 0 Å². The van der Waals surface area contributed by atoms with E-state index in [4.69, 9.17) is 13.9 Å². The lowest BCUT2D eigenvalue weighted by atomic mass is 10.1. The summed E-state index contributed by atoms with van der Waals surface area (Å²) in [4.78, 5) is 42.1. The first-order valence-electron chi connectivity index (χ1n) is 8.74. The fourth-order valence-electron chi connectivity index (χ4n) is 2.33. The fraction of sp³-hybridized carbons (Fsp3) is 0.238. The number of fused-ring (bicyclic) bond motifs is 1. The van der Waals surface area contributed by atoms with Crippen molar-refractivity contribution in [3.63, 3.8) is 0 Å². The third kappa shape index (κ3) is 5.81. The van der Waals surface area contributed by atoms with Crippen LogP contribution in [0.4, 0.5) is 0 Å². The summed E-state index contributed by atoms with van der Waals surface area (Å²) in [6.45, 7) is 10.5. The molecule has 8 heteroatoms. The van der Waals surface area contributed by atoms with Crippen LogP contribution in [0.1, 0.15) is 19.4 Å². The monoisotopic (exact) mass is 396 g/mol. The second-order valence-electron chi connectivity index (χ2n) is 5.78. The van der Waals surface area contributed by atoms with E-state index in [0.717, 1.165) is 0 Å². The zero-order valence-corrected chi connectivity index (χ0v) is 16.1. The summed E-state index contributed by atoms with van der Waals surface area (Å²) >= 11 is 0. The number of hydrogen-bond acceptors (Lipinski definition) is 7. The quantitative estimate of drug-likeness (QED) is 0.330. The van der Waals surface area contributed by atoms with Gasteiger partial charge in [-0.3, -0.25) is 9.78 Å². The van der Waals surface area contributed by atoms with Crippen LogP contribution in [-0.4, -0.2) is 28.6 Å². The molecule has 1 atom stereocenters. The van der Waals surface area contributed by atoms with Gasteiger partial charge in [-0.1, -0.05) is 38.3 Å². The van der Waals surface area contributed by atoms with Crippen LogP contribution in [0.25, 0.3) is 11.1 Å². The first kappa shape index (κ1) is 21.4. The highest BCUT2D eigenvalue weighted by Gasteiger charge is 2.13. The summed E-state index contributed by atoms with van der Waals surface area (Å²) in [5.41, 5.74) is -0.0463. The lowest BCUT2D eigenvalue weighted by Gasteiger charge is -2.08. The minimum Gasteiger partial charge on any atom is -0.451 e. The molecule has 0 aromatic carbocycles. The fourth-order valence-corrected chi connectivity index (χ4v) is 2.33. The number of aromatic nitrogens is 2. The number of esters is 1. The van der Waals surface area contributed by atoms with Crippen LogP contribution in [0.15, 0.2) is 57.0 Å². The SMILES string of the molecule is C=C/C=C(\C=C)COC(=O)C#C[C@@H](C)Oc1nc2oc(=O)cc(CC)c2c(=O)[nH]1. The van der Waals surface area contributed by atoms with Crippen molar-refractivity contribution < 1.29 is 18.7 Å². The number of carbonyl (C=O) groups excluding carboxylic acids is 1. The van der Waals surface area contributed by atoms with Crippen molar-refractivity contribution >= 4 is 17.1 Å². The molecule has 0 aliphatic carbocycles. The molecule has 2 aromatic rings. The molecule has 0 saturated heterocycles. The van der Waals surface area contributed by atoms with Gasteiger partial charge in [0.1, 0.15) is 12.0 Å². The molecule has 1 N–H and O–H groups in total. The Labute approximate surface area is 166 Å². The van der Waals surface area contributed by atoms with Crippen molar-refractivity contribution in [2.45, 2.75) is 26.4 Å². The number of nitrogens with one attached hydrogen (secondary N) is 1. The molecule has 0 radical (unpaired) electrons. The predicted molar refractivity (Wildman–Crippen MR) is 108 cm³/mol. The van der Waals surface area contributed by atoms with Gasteiger partial charge in [0.15, 0.2) is 6.10 Å². The third-order valence-corrected chi connectivity index (χ3v) is 3.69. The van der Waals surface area contributed by atoms with Gasteiger partial charge in [0, 0.05) is 12.0 Å². The molecule has 8 nitrogen and oxygen atoms in total. The summed E-state index contributed by atoms with van der Waals surface area (Å²) in [7, 11) is 0. The topological polar surface area (TPSA) is 111 Å². The normalized spacial score (nSPS) is 11.9. The Bertz CT molecular complexity index is 1140. The Hall–Kier alpha value is -3.86. The summed E-state index contributed by atoms with van der Waals surface area (Å²) in [5.74, 6) is 4.07. The molecule has 0 unspecified atom stereocenters. The van der Waals surface area contributed by atoms with Crippen molar-refractivity contribution in [2.75, 3.05) is 6.61 Å². The minimum atomic E-state index is -0.799. The van der Waals surface area contributed by atoms with Crippen LogP contribution in [0.2, 0.25) is 0 Å². The van der Waals surface area contributed by atoms with E-state index in [0.29, 0.717) is 17.6 Å². The number of H-pyrrole nitrogens is 1. The summed E-state index contributed by atoms with van der Waals surface area (Å²) < 4.78 is 15.4. The lowest BCUT2D eigenvalue weighted by molar-refractivity contribution is -0.135. The number of ether oxygens (including phenoxy) is 2. The molecule has 0 saturated carbocycles. The Morgan fingerprint density at radius 3 is 2.83 bits per heavy atom. The van der Waals surface area contributed by atoms with Crippen molar-refractivity contribution in [3.05, 3.63) is 69.4 Å². The number of allylic oxidation sites excluding steroid dienone is 2. The van der Waals surface area contributed by atoms with E-state index >= 15 is 0 Å². The van der Waals surface area contributed by atoms with Gasteiger partial charge in [-0.15, -0.1) is 0 Å². The first-order chi connectivity index (χ1) is 13.9. The number of hydrogen-bond donors (Lipinski definition) is 1. The van der Waals surface area contributed by atoms with E-state index in [1.54, 1.807) is 26.0 Å². The zero-order valence-electron chi connectivity index (χ0n) is 16.1. The predicted octanol–water partition coefficient (Wildman–Crippen LogP) is 2.05. The maximum absolute atomic E-state index is 12.3. The molecular weight excluding hydrogens is 376 g/mol. The van der Waals surface area contributed by atoms with Gasteiger partial charge in [0.2, 0.25) is 5.71 Å². The van der Waals surface area contributed by atoms with Crippen LogP contribution in [0.3, 0.4) is 0 Å².